The average Bonchev–Trinajstić information content (AvgIpc) is 3.46. The van der Waals surface area contributed by atoms with Gasteiger partial charge < -0.3 is 19.2 Å². The number of piperazine rings is 1. The molecule has 0 saturated carbocycles. The molecule has 2 aromatic heterocycles. The Balaban J connectivity index is 1.55. The number of carbonyl (C=O) groups is 2. The van der Waals surface area contributed by atoms with Crippen LogP contribution in [-0.2, 0) is 21.7 Å². The summed E-state index contributed by atoms with van der Waals surface area (Å²) in [6.07, 6.45) is 1.57. The normalized spacial score (nSPS) is 22.5. The standard InChI is InChI=1S/C26H22ClN3O3/c1-26-24-23(18-9-3-5-11-21(18)28-24)19(17-8-2-4-10-20(17)27)14-30(26)22(31)15-29(25(26)32)13-16-7-6-12-33-16/h2-12,19,28H,13-15H2,1H3. The van der Waals surface area contributed by atoms with Crippen LogP contribution in [0.5, 0.6) is 0 Å². The number of benzene rings is 2. The Morgan fingerprint density at radius 1 is 1.09 bits per heavy atom. The number of nitrogens with one attached hydrogen (secondary N) is 1. The third kappa shape index (κ3) is 2.87. The summed E-state index contributed by atoms with van der Waals surface area (Å²) < 4.78 is 5.45. The molecule has 4 aromatic rings. The van der Waals surface area contributed by atoms with Crippen molar-refractivity contribution in [3.63, 3.8) is 0 Å². The summed E-state index contributed by atoms with van der Waals surface area (Å²) in [5, 5.41) is 1.69. The van der Waals surface area contributed by atoms with Gasteiger partial charge in [0.2, 0.25) is 5.91 Å². The molecule has 33 heavy (non-hydrogen) atoms. The Morgan fingerprint density at radius 2 is 1.88 bits per heavy atom. The molecule has 7 heteroatoms. The van der Waals surface area contributed by atoms with Crippen LogP contribution in [0.15, 0.2) is 71.3 Å². The number of para-hydroxylation sites is 1. The lowest BCUT2D eigenvalue weighted by molar-refractivity contribution is -0.167. The highest BCUT2D eigenvalue weighted by molar-refractivity contribution is 6.31. The molecule has 2 unspecified atom stereocenters. The number of carbonyl (C=O) groups excluding carboxylic acids is 2. The van der Waals surface area contributed by atoms with Crippen molar-refractivity contribution in [1.29, 1.82) is 0 Å². The van der Waals surface area contributed by atoms with E-state index in [9.17, 15) is 9.59 Å². The second kappa shape index (κ2) is 7.25. The zero-order valence-electron chi connectivity index (χ0n) is 18.0. The van der Waals surface area contributed by atoms with E-state index in [2.05, 4.69) is 11.1 Å². The maximum atomic E-state index is 13.9. The number of furan rings is 1. The molecule has 0 spiro atoms. The van der Waals surface area contributed by atoms with Gasteiger partial charge in [0.15, 0.2) is 5.54 Å². The lowest BCUT2D eigenvalue weighted by Gasteiger charge is -2.51. The van der Waals surface area contributed by atoms with Crippen LogP contribution < -0.4 is 0 Å². The Bertz CT molecular complexity index is 1390. The van der Waals surface area contributed by atoms with Crippen molar-refractivity contribution in [2.75, 3.05) is 13.1 Å². The number of aromatic amines is 1. The Morgan fingerprint density at radius 3 is 2.67 bits per heavy atom. The summed E-state index contributed by atoms with van der Waals surface area (Å²) in [5.41, 5.74) is 2.52. The first kappa shape index (κ1) is 20.1. The highest BCUT2D eigenvalue weighted by Crippen LogP contribution is 2.49. The SMILES string of the molecule is CC12C(=O)N(Cc3ccco3)CC(=O)N1CC(c1ccccc1Cl)c1c2[nH]c2ccccc12. The van der Waals surface area contributed by atoms with E-state index >= 15 is 0 Å². The van der Waals surface area contributed by atoms with Crippen molar-refractivity contribution in [2.24, 2.45) is 0 Å². The van der Waals surface area contributed by atoms with Crippen molar-refractivity contribution < 1.29 is 14.0 Å². The van der Waals surface area contributed by atoms with E-state index in [1.54, 1.807) is 22.1 Å². The summed E-state index contributed by atoms with van der Waals surface area (Å²) in [6.45, 7) is 2.50. The second-order valence-corrected chi connectivity index (χ2v) is 9.26. The van der Waals surface area contributed by atoms with Crippen LogP contribution in [-0.4, -0.2) is 39.7 Å². The molecule has 0 bridgehead atoms. The Labute approximate surface area is 195 Å². The van der Waals surface area contributed by atoms with Crippen molar-refractivity contribution in [1.82, 2.24) is 14.8 Å². The minimum atomic E-state index is -1.14. The average molecular weight is 460 g/mol. The third-order valence-electron chi connectivity index (χ3n) is 7.02. The maximum absolute atomic E-state index is 13.9. The Hall–Kier alpha value is -3.51. The quantitative estimate of drug-likeness (QED) is 0.485. The lowest BCUT2D eigenvalue weighted by Crippen LogP contribution is -2.67. The van der Waals surface area contributed by atoms with Gasteiger partial charge in [-0.3, -0.25) is 9.59 Å². The molecule has 0 aliphatic carbocycles. The highest BCUT2D eigenvalue weighted by Gasteiger charge is 2.56. The number of fused-ring (bicyclic) bond motifs is 5. The summed E-state index contributed by atoms with van der Waals surface area (Å²) >= 11 is 6.62. The molecule has 4 heterocycles. The molecule has 1 saturated heterocycles. The molecule has 1 N–H and O–H groups in total. The molecular formula is C26H22ClN3O3. The molecule has 166 valence electrons. The molecule has 2 atom stereocenters. The van der Waals surface area contributed by atoms with Crippen molar-refractivity contribution in [3.8, 4) is 0 Å². The maximum Gasteiger partial charge on any atom is 0.255 e. The number of aromatic nitrogens is 1. The van der Waals surface area contributed by atoms with E-state index in [0.717, 1.165) is 27.7 Å². The topological polar surface area (TPSA) is 69.6 Å². The first-order valence-electron chi connectivity index (χ1n) is 11.0. The van der Waals surface area contributed by atoms with E-state index in [4.69, 9.17) is 16.0 Å². The van der Waals surface area contributed by atoms with Crippen LogP contribution in [0.2, 0.25) is 5.02 Å². The van der Waals surface area contributed by atoms with E-state index in [-0.39, 0.29) is 30.8 Å². The summed E-state index contributed by atoms with van der Waals surface area (Å²) in [5.74, 6) is 0.287. The van der Waals surface area contributed by atoms with Gasteiger partial charge in [0.05, 0.1) is 18.5 Å². The number of H-pyrrole nitrogens is 1. The predicted molar refractivity (Wildman–Crippen MR) is 125 cm³/mol. The van der Waals surface area contributed by atoms with E-state index < -0.39 is 5.54 Å². The van der Waals surface area contributed by atoms with Crippen molar-refractivity contribution >= 4 is 34.3 Å². The number of hydrogen-bond donors (Lipinski definition) is 1. The molecule has 0 radical (unpaired) electrons. The van der Waals surface area contributed by atoms with Crippen molar-refractivity contribution in [3.05, 3.63) is 94.5 Å². The minimum absolute atomic E-state index is 0.0138. The molecule has 1 fully saturated rings. The number of halogens is 1. The van der Waals surface area contributed by atoms with Crippen LogP contribution in [0.1, 0.15) is 35.4 Å². The molecule has 2 aliphatic heterocycles. The monoisotopic (exact) mass is 459 g/mol. The fraction of sp³-hybridized carbons (Fsp3) is 0.231. The number of rotatable bonds is 3. The number of amides is 2. The van der Waals surface area contributed by atoms with Gasteiger partial charge in [-0.1, -0.05) is 48.0 Å². The largest absolute Gasteiger partial charge is 0.467 e. The first-order valence-corrected chi connectivity index (χ1v) is 11.3. The first-order chi connectivity index (χ1) is 16.0. The van der Waals surface area contributed by atoms with Gasteiger partial charge in [-0.2, -0.15) is 0 Å². The molecule has 2 aromatic carbocycles. The molecule has 6 rings (SSSR count). The zero-order chi connectivity index (χ0) is 22.7. The fourth-order valence-corrected chi connectivity index (χ4v) is 5.70. The van der Waals surface area contributed by atoms with Gasteiger partial charge >= 0.3 is 0 Å². The van der Waals surface area contributed by atoms with Gasteiger partial charge in [-0.25, -0.2) is 0 Å². The van der Waals surface area contributed by atoms with Gasteiger partial charge in [0.1, 0.15) is 12.3 Å². The smallest absolute Gasteiger partial charge is 0.255 e. The van der Waals surface area contributed by atoms with E-state index in [0.29, 0.717) is 17.3 Å². The highest BCUT2D eigenvalue weighted by atomic mass is 35.5. The van der Waals surface area contributed by atoms with E-state index in [1.807, 2.05) is 55.5 Å². The van der Waals surface area contributed by atoms with Crippen LogP contribution in [0.3, 0.4) is 0 Å². The number of hydrogen-bond acceptors (Lipinski definition) is 3. The zero-order valence-corrected chi connectivity index (χ0v) is 18.8. The minimum Gasteiger partial charge on any atom is -0.467 e. The molecular weight excluding hydrogens is 438 g/mol. The lowest BCUT2D eigenvalue weighted by atomic mass is 9.76. The summed E-state index contributed by atoms with van der Waals surface area (Å²) in [6, 6.07) is 19.3. The van der Waals surface area contributed by atoms with Crippen LogP contribution in [0, 0.1) is 0 Å². The van der Waals surface area contributed by atoms with Gasteiger partial charge in [0, 0.05) is 28.4 Å². The third-order valence-corrected chi connectivity index (χ3v) is 7.37. The van der Waals surface area contributed by atoms with Crippen LogP contribution >= 0.6 is 11.6 Å². The van der Waals surface area contributed by atoms with Gasteiger partial charge in [-0.05, 0) is 42.3 Å². The van der Waals surface area contributed by atoms with Crippen LogP contribution in [0.25, 0.3) is 10.9 Å². The summed E-state index contributed by atoms with van der Waals surface area (Å²) in [4.78, 5) is 34.2. The van der Waals surface area contributed by atoms with Crippen molar-refractivity contribution in [2.45, 2.75) is 24.9 Å². The van der Waals surface area contributed by atoms with Gasteiger partial charge in [-0.15, -0.1) is 0 Å². The second-order valence-electron chi connectivity index (χ2n) is 8.85. The summed E-state index contributed by atoms with van der Waals surface area (Å²) in [7, 11) is 0. The molecule has 6 nitrogen and oxygen atoms in total. The molecule has 2 amide bonds. The van der Waals surface area contributed by atoms with Gasteiger partial charge in [0.25, 0.3) is 5.91 Å². The van der Waals surface area contributed by atoms with Crippen LogP contribution in [0.4, 0.5) is 0 Å². The predicted octanol–water partition coefficient (Wildman–Crippen LogP) is 4.65. The Kier molecular flexibility index (Phi) is 4.42. The fourth-order valence-electron chi connectivity index (χ4n) is 5.43. The van der Waals surface area contributed by atoms with E-state index in [1.165, 1.54) is 0 Å². The number of nitrogens with zero attached hydrogens (tertiary/aromatic N) is 2. The molecule has 2 aliphatic rings.